The molecule has 1 aromatic carbocycles. The van der Waals surface area contributed by atoms with Gasteiger partial charge in [0.25, 0.3) is 0 Å². The van der Waals surface area contributed by atoms with Gasteiger partial charge in [0.15, 0.2) is 0 Å². The van der Waals surface area contributed by atoms with Gasteiger partial charge >= 0.3 is 0 Å². The Hall–Kier alpha value is -1.71. The molecule has 0 aromatic heterocycles. The van der Waals surface area contributed by atoms with Crippen LogP contribution in [0.25, 0.3) is 0 Å². The van der Waals surface area contributed by atoms with Crippen molar-refractivity contribution in [1.29, 1.82) is 0 Å². The molecule has 1 amide bonds. The van der Waals surface area contributed by atoms with Crippen molar-refractivity contribution < 1.29 is 4.79 Å². The highest BCUT2D eigenvalue weighted by atomic mass is 16.2. The summed E-state index contributed by atoms with van der Waals surface area (Å²) in [4.78, 5) is 15.4. The molecular formula is C13H21N3O. The zero-order chi connectivity index (χ0) is 13.0. The van der Waals surface area contributed by atoms with Gasteiger partial charge in [-0.3, -0.25) is 4.79 Å². The molecule has 1 rings (SSSR count). The van der Waals surface area contributed by atoms with Crippen molar-refractivity contribution in [2.24, 2.45) is 0 Å². The van der Waals surface area contributed by atoms with Crippen LogP contribution in [0.2, 0.25) is 0 Å². The van der Waals surface area contributed by atoms with Crippen LogP contribution >= 0.6 is 0 Å². The van der Waals surface area contributed by atoms with Crippen LogP contribution in [-0.2, 0) is 4.79 Å². The van der Waals surface area contributed by atoms with E-state index in [1.54, 1.807) is 19.0 Å². The molecule has 4 nitrogen and oxygen atoms in total. The Morgan fingerprint density at radius 1 is 1.18 bits per heavy atom. The van der Waals surface area contributed by atoms with Crippen molar-refractivity contribution in [2.45, 2.75) is 13.0 Å². The first kappa shape index (κ1) is 13.4. The second-order valence-corrected chi connectivity index (χ2v) is 4.51. The second kappa shape index (κ2) is 5.57. The maximum atomic E-state index is 11.8. The highest BCUT2D eigenvalue weighted by Gasteiger charge is 2.15. The minimum absolute atomic E-state index is 0.0681. The zero-order valence-electron chi connectivity index (χ0n) is 11.2. The van der Waals surface area contributed by atoms with Crippen molar-refractivity contribution in [3.05, 3.63) is 24.3 Å². The van der Waals surface area contributed by atoms with Crippen LogP contribution in [0.5, 0.6) is 0 Å². The Morgan fingerprint density at radius 2 is 1.76 bits per heavy atom. The Bertz CT molecular complexity index is 388. The van der Waals surface area contributed by atoms with Gasteiger partial charge in [0, 0.05) is 28.2 Å². The zero-order valence-corrected chi connectivity index (χ0v) is 11.2. The molecule has 1 aromatic rings. The Labute approximate surface area is 103 Å². The van der Waals surface area contributed by atoms with Gasteiger partial charge in [-0.2, -0.15) is 0 Å². The van der Waals surface area contributed by atoms with Crippen molar-refractivity contribution in [1.82, 2.24) is 4.90 Å². The fourth-order valence-corrected chi connectivity index (χ4v) is 1.67. The molecule has 0 heterocycles. The third-order valence-electron chi connectivity index (χ3n) is 2.57. The third kappa shape index (κ3) is 3.37. The van der Waals surface area contributed by atoms with E-state index >= 15 is 0 Å². The van der Waals surface area contributed by atoms with E-state index < -0.39 is 0 Å². The molecule has 0 fully saturated rings. The molecule has 0 saturated heterocycles. The monoisotopic (exact) mass is 235 g/mol. The number of para-hydroxylation sites is 2. The number of nitrogens with zero attached hydrogens (tertiary/aromatic N) is 2. The molecule has 4 heteroatoms. The molecule has 0 spiro atoms. The van der Waals surface area contributed by atoms with Gasteiger partial charge in [0.2, 0.25) is 5.91 Å². The lowest BCUT2D eigenvalue weighted by Gasteiger charge is -2.23. The summed E-state index contributed by atoms with van der Waals surface area (Å²) in [5.41, 5.74) is 2.05. The molecule has 0 aliphatic heterocycles. The SMILES string of the molecule is CC(Nc1ccccc1N(C)C)C(=O)N(C)C. The van der Waals surface area contributed by atoms with Crippen LogP contribution in [-0.4, -0.2) is 45.0 Å². The van der Waals surface area contributed by atoms with Crippen LogP contribution in [0.15, 0.2) is 24.3 Å². The van der Waals surface area contributed by atoms with Gasteiger partial charge in [-0.15, -0.1) is 0 Å². The van der Waals surface area contributed by atoms with Gasteiger partial charge < -0.3 is 15.1 Å². The summed E-state index contributed by atoms with van der Waals surface area (Å²) in [5, 5.41) is 3.24. The lowest BCUT2D eigenvalue weighted by molar-refractivity contribution is -0.129. The van der Waals surface area contributed by atoms with Crippen LogP contribution in [0.4, 0.5) is 11.4 Å². The summed E-state index contributed by atoms with van der Waals surface area (Å²) >= 11 is 0. The molecule has 94 valence electrons. The number of hydrogen-bond donors (Lipinski definition) is 1. The fraction of sp³-hybridized carbons (Fsp3) is 0.462. The van der Waals surface area contributed by atoms with E-state index in [1.807, 2.05) is 50.2 Å². The average molecular weight is 235 g/mol. The standard InChI is InChI=1S/C13H21N3O/c1-10(13(17)16(4)5)14-11-8-6-7-9-12(11)15(2)3/h6-10,14H,1-5H3. The maximum absolute atomic E-state index is 11.8. The minimum Gasteiger partial charge on any atom is -0.376 e. The van der Waals surface area contributed by atoms with E-state index in [0.29, 0.717) is 0 Å². The van der Waals surface area contributed by atoms with Crippen LogP contribution in [0, 0.1) is 0 Å². The normalized spacial score (nSPS) is 11.8. The Morgan fingerprint density at radius 3 is 2.29 bits per heavy atom. The van der Waals surface area contributed by atoms with Gasteiger partial charge in [-0.05, 0) is 19.1 Å². The molecule has 0 aliphatic carbocycles. The van der Waals surface area contributed by atoms with Crippen molar-refractivity contribution in [2.75, 3.05) is 38.4 Å². The molecule has 0 saturated carbocycles. The predicted molar refractivity (Wildman–Crippen MR) is 72.5 cm³/mol. The summed E-state index contributed by atoms with van der Waals surface area (Å²) in [6.07, 6.45) is 0. The van der Waals surface area contributed by atoms with Crippen LogP contribution in [0.3, 0.4) is 0 Å². The summed E-state index contributed by atoms with van der Waals surface area (Å²) in [7, 11) is 7.49. The highest BCUT2D eigenvalue weighted by Crippen LogP contribution is 2.24. The van der Waals surface area contributed by atoms with Gasteiger partial charge in [-0.25, -0.2) is 0 Å². The minimum atomic E-state index is -0.230. The van der Waals surface area contributed by atoms with E-state index in [1.165, 1.54) is 0 Å². The number of carbonyl (C=O) groups is 1. The number of amides is 1. The molecule has 0 bridgehead atoms. The quantitative estimate of drug-likeness (QED) is 0.861. The molecule has 0 aliphatic rings. The van der Waals surface area contributed by atoms with Crippen molar-refractivity contribution in [3.63, 3.8) is 0 Å². The van der Waals surface area contributed by atoms with Crippen LogP contribution in [0.1, 0.15) is 6.92 Å². The summed E-state index contributed by atoms with van der Waals surface area (Å²) in [6, 6.07) is 7.72. The fourth-order valence-electron chi connectivity index (χ4n) is 1.67. The first-order valence-corrected chi connectivity index (χ1v) is 5.67. The third-order valence-corrected chi connectivity index (χ3v) is 2.57. The predicted octanol–water partition coefficient (Wildman–Crippen LogP) is 1.64. The Balaban J connectivity index is 2.85. The van der Waals surface area contributed by atoms with E-state index in [0.717, 1.165) is 11.4 Å². The lowest BCUT2D eigenvalue weighted by Crippen LogP contribution is -2.36. The smallest absolute Gasteiger partial charge is 0.244 e. The number of carbonyl (C=O) groups excluding carboxylic acids is 1. The second-order valence-electron chi connectivity index (χ2n) is 4.51. The molecular weight excluding hydrogens is 214 g/mol. The van der Waals surface area contributed by atoms with Gasteiger partial charge in [0.05, 0.1) is 11.4 Å². The van der Waals surface area contributed by atoms with E-state index in [9.17, 15) is 4.79 Å². The first-order valence-electron chi connectivity index (χ1n) is 5.67. The molecule has 1 atom stereocenters. The number of hydrogen-bond acceptors (Lipinski definition) is 3. The number of anilines is 2. The van der Waals surface area contributed by atoms with Gasteiger partial charge in [-0.1, -0.05) is 12.1 Å². The van der Waals surface area contributed by atoms with E-state index in [2.05, 4.69) is 5.32 Å². The average Bonchev–Trinajstić information content (AvgIpc) is 2.28. The summed E-state index contributed by atoms with van der Waals surface area (Å²) < 4.78 is 0. The van der Waals surface area contributed by atoms with E-state index in [-0.39, 0.29) is 11.9 Å². The molecule has 0 radical (unpaired) electrons. The molecule has 17 heavy (non-hydrogen) atoms. The van der Waals surface area contributed by atoms with Crippen molar-refractivity contribution >= 4 is 17.3 Å². The maximum Gasteiger partial charge on any atom is 0.244 e. The molecule has 1 unspecified atom stereocenters. The number of rotatable bonds is 4. The van der Waals surface area contributed by atoms with Crippen LogP contribution < -0.4 is 10.2 Å². The van der Waals surface area contributed by atoms with Crippen molar-refractivity contribution in [3.8, 4) is 0 Å². The highest BCUT2D eigenvalue weighted by molar-refractivity contribution is 5.85. The molecule has 1 N–H and O–H groups in total. The number of benzene rings is 1. The number of likely N-dealkylation sites (N-methyl/N-ethyl adjacent to an activating group) is 1. The Kier molecular flexibility index (Phi) is 4.37. The summed E-state index contributed by atoms with van der Waals surface area (Å²) in [5.74, 6) is 0.0681. The van der Waals surface area contributed by atoms with E-state index in [4.69, 9.17) is 0 Å². The lowest BCUT2D eigenvalue weighted by atomic mass is 10.2. The summed E-state index contributed by atoms with van der Waals surface area (Å²) in [6.45, 7) is 1.87. The van der Waals surface area contributed by atoms with Gasteiger partial charge in [0.1, 0.15) is 6.04 Å². The first-order chi connectivity index (χ1) is 7.93. The largest absolute Gasteiger partial charge is 0.376 e. The number of nitrogens with one attached hydrogen (secondary N) is 1. The topological polar surface area (TPSA) is 35.6 Å².